The summed E-state index contributed by atoms with van der Waals surface area (Å²) in [5.74, 6) is -0.644. The molecule has 1 aliphatic rings. The van der Waals surface area contributed by atoms with E-state index in [1.807, 2.05) is 13.8 Å². The number of nitrogens with zero attached hydrogens (tertiary/aromatic N) is 1. The zero-order valence-corrected chi connectivity index (χ0v) is 28.5. The van der Waals surface area contributed by atoms with Crippen molar-refractivity contribution in [3.63, 3.8) is 0 Å². The first-order valence-electron chi connectivity index (χ1n) is 18.2. The van der Waals surface area contributed by atoms with Crippen LogP contribution in [0, 0.1) is 0 Å². The highest BCUT2D eigenvalue weighted by Crippen LogP contribution is 2.23. The number of ether oxygens (including phenoxy) is 2. The number of nitrogens with one attached hydrogen (secondary N) is 1. The van der Waals surface area contributed by atoms with Gasteiger partial charge in [0.1, 0.15) is 6.10 Å². The fourth-order valence-electron chi connectivity index (χ4n) is 5.87. The van der Waals surface area contributed by atoms with Crippen LogP contribution in [-0.4, -0.2) is 54.8 Å². The van der Waals surface area contributed by atoms with Gasteiger partial charge < -0.3 is 19.7 Å². The molecule has 0 aliphatic carbocycles. The molecule has 1 N–H and O–H groups in total. The molecule has 1 heterocycles. The predicted octanol–water partition coefficient (Wildman–Crippen LogP) is 9.48. The lowest BCUT2D eigenvalue weighted by Gasteiger charge is -2.25. The number of unbranched alkanes of at least 4 members (excludes halogenated alkanes) is 21. The van der Waals surface area contributed by atoms with Crippen molar-refractivity contribution in [2.24, 2.45) is 0 Å². The van der Waals surface area contributed by atoms with E-state index in [2.05, 4.69) is 19.2 Å². The fraction of sp³-hybridized carbons (Fsp3) is 0.944. The quantitative estimate of drug-likeness (QED) is 0.0876. The van der Waals surface area contributed by atoms with Crippen LogP contribution < -0.4 is 5.32 Å². The van der Waals surface area contributed by atoms with Gasteiger partial charge in [-0.15, -0.1) is 0 Å². The van der Waals surface area contributed by atoms with E-state index in [9.17, 15) is 9.59 Å². The van der Waals surface area contributed by atoms with Crippen molar-refractivity contribution in [1.82, 2.24) is 10.2 Å². The number of carbonyl (C=O) groups is 2. The Morgan fingerprint density at radius 2 is 1.10 bits per heavy atom. The van der Waals surface area contributed by atoms with Crippen LogP contribution in [0.1, 0.15) is 182 Å². The summed E-state index contributed by atoms with van der Waals surface area (Å²) in [5.41, 5.74) is 0. The molecular weight excluding hydrogens is 524 g/mol. The zero-order chi connectivity index (χ0) is 30.7. The van der Waals surface area contributed by atoms with Gasteiger partial charge in [0.05, 0.1) is 13.2 Å². The Kier molecular flexibility index (Phi) is 24.3. The molecule has 1 rings (SSSR count). The van der Waals surface area contributed by atoms with Crippen LogP contribution in [0.15, 0.2) is 0 Å². The molecule has 1 atom stereocenters. The highest BCUT2D eigenvalue weighted by molar-refractivity contribution is 5.84. The van der Waals surface area contributed by atoms with Crippen molar-refractivity contribution >= 4 is 11.8 Å². The lowest BCUT2D eigenvalue weighted by Crippen LogP contribution is -2.45. The molecule has 0 aromatic heterocycles. The molecule has 0 saturated carbocycles. The molecule has 1 fully saturated rings. The number of rotatable bonds is 29. The van der Waals surface area contributed by atoms with Gasteiger partial charge in [-0.05, 0) is 26.7 Å². The smallest absolute Gasteiger partial charge is 0.239 e. The molecular formula is C36H70N2O4. The zero-order valence-electron chi connectivity index (χ0n) is 28.5. The summed E-state index contributed by atoms with van der Waals surface area (Å²) >= 11 is 0. The molecule has 0 aromatic carbocycles. The maximum absolute atomic E-state index is 13.1. The van der Waals surface area contributed by atoms with Gasteiger partial charge in [0.25, 0.3) is 0 Å². The molecule has 42 heavy (non-hydrogen) atoms. The van der Waals surface area contributed by atoms with E-state index in [0.29, 0.717) is 26.1 Å². The van der Waals surface area contributed by atoms with Crippen LogP contribution >= 0.6 is 0 Å². The number of hydrogen-bond donors (Lipinski definition) is 1. The van der Waals surface area contributed by atoms with Crippen molar-refractivity contribution in [1.29, 1.82) is 0 Å². The molecule has 6 heteroatoms. The third-order valence-electron chi connectivity index (χ3n) is 8.53. The minimum absolute atomic E-state index is 0.0560. The first kappa shape index (κ1) is 38.9. The van der Waals surface area contributed by atoms with E-state index in [4.69, 9.17) is 9.47 Å². The molecule has 1 unspecified atom stereocenters. The minimum Gasteiger partial charge on any atom is -0.355 e. The molecule has 0 aromatic rings. The summed E-state index contributed by atoms with van der Waals surface area (Å²) < 4.78 is 11.7. The Balaban J connectivity index is 2.22. The molecule has 248 valence electrons. The monoisotopic (exact) mass is 595 g/mol. The Morgan fingerprint density at radius 3 is 1.52 bits per heavy atom. The van der Waals surface area contributed by atoms with Crippen molar-refractivity contribution in [2.75, 3.05) is 26.2 Å². The highest BCUT2D eigenvalue weighted by Gasteiger charge is 2.34. The predicted molar refractivity (Wildman–Crippen MR) is 177 cm³/mol. The summed E-state index contributed by atoms with van der Waals surface area (Å²) in [4.78, 5) is 27.6. The summed E-state index contributed by atoms with van der Waals surface area (Å²) in [6.45, 7) is 9.98. The fourth-order valence-corrected chi connectivity index (χ4v) is 5.87. The SMILES string of the molecule is CCCCCCCCCCCCCCCC(=O)N(CC(=O)NCCCCCCCCCCCC)CC1COC(C)(C)O1. The van der Waals surface area contributed by atoms with Crippen LogP contribution in [0.2, 0.25) is 0 Å². The van der Waals surface area contributed by atoms with Crippen molar-refractivity contribution < 1.29 is 19.1 Å². The Morgan fingerprint density at radius 1 is 0.667 bits per heavy atom. The maximum Gasteiger partial charge on any atom is 0.239 e. The third kappa shape index (κ3) is 22.4. The topological polar surface area (TPSA) is 67.9 Å². The van der Waals surface area contributed by atoms with Crippen molar-refractivity contribution in [2.45, 2.75) is 194 Å². The maximum atomic E-state index is 13.1. The van der Waals surface area contributed by atoms with Gasteiger partial charge in [0, 0.05) is 19.5 Å². The van der Waals surface area contributed by atoms with Gasteiger partial charge in [-0.25, -0.2) is 0 Å². The van der Waals surface area contributed by atoms with Crippen LogP contribution in [0.25, 0.3) is 0 Å². The normalized spacial score (nSPS) is 16.1. The summed E-state index contributed by atoms with van der Waals surface area (Å²) in [6, 6.07) is 0. The average Bonchev–Trinajstić information content (AvgIpc) is 3.31. The van der Waals surface area contributed by atoms with Crippen LogP contribution in [0.3, 0.4) is 0 Å². The second-order valence-electron chi connectivity index (χ2n) is 13.2. The summed E-state index contributed by atoms with van der Waals surface area (Å²) in [5, 5.41) is 3.05. The second-order valence-corrected chi connectivity index (χ2v) is 13.2. The van der Waals surface area contributed by atoms with E-state index in [-0.39, 0.29) is 24.5 Å². The van der Waals surface area contributed by atoms with Crippen molar-refractivity contribution in [3.05, 3.63) is 0 Å². The van der Waals surface area contributed by atoms with E-state index in [0.717, 1.165) is 25.7 Å². The van der Waals surface area contributed by atoms with Crippen LogP contribution in [0.4, 0.5) is 0 Å². The first-order valence-corrected chi connectivity index (χ1v) is 18.2. The average molecular weight is 595 g/mol. The molecule has 0 radical (unpaired) electrons. The van der Waals surface area contributed by atoms with E-state index in [1.54, 1.807) is 4.90 Å². The largest absolute Gasteiger partial charge is 0.355 e. The number of hydrogen-bond acceptors (Lipinski definition) is 4. The summed E-state index contributed by atoms with van der Waals surface area (Å²) in [6.07, 6.45) is 29.8. The lowest BCUT2D eigenvalue weighted by atomic mass is 10.0. The van der Waals surface area contributed by atoms with Crippen molar-refractivity contribution in [3.8, 4) is 0 Å². The Bertz CT molecular complexity index is 654. The highest BCUT2D eigenvalue weighted by atomic mass is 16.7. The van der Waals surface area contributed by atoms with Gasteiger partial charge >= 0.3 is 0 Å². The molecule has 6 nitrogen and oxygen atoms in total. The summed E-state index contributed by atoms with van der Waals surface area (Å²) in [7, 11) is 0. The van der Waals surface area contributed by atoms with Crippen LogP contribution in [0.5, 0.6) is 0 Å². The lowest BCUT2D eigenvalue weighted by molar-refractivity contribution is -0.148. The first-order chi connectivity index (χ1) is 20.4. The molecule has 1 saturated heterocycles. The van der Waals surface area contributed by atoms with E-state index in [1.165, 1.54) is 122 Å². The standard InChI is InChI=1S/C36H70N2O4/c1-5-7-9-11-13-15-17-18-19-20-22-24-26-28-35(40)38(30-33-32-41-36(3,4)42-33)31-34(39)37-29-27-25-23-21-16-14-12-10-8-6-2/h33H,5-32H2,1-4H3,(H,37,39). The van der Waals surface area contributed by atoms with Gasteiger partial charge in [-0.2, -0.15) is 0 Å². The molecule has 0 bridgehead atoms. The Hall–Kier alpha value is -1.14. The van der Waals surface area contributed by atoms with Gasteiger partial charge in [0.15, 0.2) is 5.79 Å². The third-order valence-corrected chi connectivity index (χ3v) is 8.53. The number of carbonyl (C=O) groups excluding carboxylic acids is 2. The Labute approximate surface area is 260 Å². The molecule has 1 aliphatic heterocycles. The van der Waals surface area contributed by atoms with E-state index >= 15 is 0 Å². The molecule has 0 spiro atoms. The van der Waals surface area contributed by atoms with Gasteiger partial charge in [0.2, 0.25) is 11.8 Å². The number of amides is 2. The van der Waals surface area contributed by atoms with E-state index < -0.39 is 5.79 Å². The molecule has 2 amide bonds. The second kappa shape index (κ2) is 26.3. The van der Waals surface area contributed by atoms with Gasteiger partial charge in [-0.3, -0.25) is 9.59 Å². The minimum atomic E-state index is -0.633. The van der Waals surface area contributed by atoms with Crippen LogP contribution in [-0.2, 0) is 19.1 Å². The van der Waals surface area contributed by atoms with Gasteiger partial charge in [-0.1, -0.05) is 149 Å².